The van der Waals surface area contributed by atoms with Gasteiger partial charge in [-0.1, -0.05) is 6.92 Å². The van der Waals surface area contributed by atoms with Crippen molar-refractivity contribution in [2.75, 3.05) is 30.9 Å². The van der Waals surface area contributed by atoms with Gasteiger partial charge in [-0.3, -0.25) is 0 Å². The molecule has 2 unspecified atom stereocenters. The van der Waals surface area contributed by atoms with Crippen LogP contribution in [0, 0.1) is 0 Å². The van der Waals surface area contributed by atoms with Gasteiger partial charge in [0.1, 0.15) is 0 Å². The zero-order valence-electron chi connectivity index (χ0n) is 12.3. The Balaban J connectivity index is 2.33. The van der Waals surface area contributed by atoms with E-state index in [9.17, 15) is 4.79 Å². The highest BCUT2D eigenvalue weighted by Crippen LogP contribution is 2.27. The smallest absolute Gasteiger partial charge is 0.340 e. The molecule has 2 rings (SSSR count). The molecular formula is C15H22N2O3. The van der Waals surface area contributed by atoms with Crippen molar-refractivity contribution >= 4 is 17.3 Å². The van der Waals surface area contributed by atoms with Crippen molar-refractivity contribution in [2.24, 2.45) is 0 Å². The molecule has 0 aliphatic carbocycles. The summed E-state index contributed by atoms with van der Waals surface area (Å²) in [7, 11) is 1.36. The van der Waals surface area contributed by atoms with E-state index in [1.807, 2.05) is 12.1 Å². The Morgan fingerprint density at radius 3 is 2.95 bits per heavy atom. The number of esters is 1. The zero-order valence-corrected chi connectivity index (χ0v) is 12.3. The number of methoxy groups -OCH3 is 1. The molecule has 1 saturated heterocycles. The quantitative estimate of drug-likeness (QED) is 0.677. The van der Waals surface area contributed by atoms with Gasteiger partial charge in [0.25, 0.3) is 0 Å². The molecule has 0 bridgehead atoms. The van der Waals surface area contributed by atoms with Crippen LogP contribution in [0.5, 0.6) is 0 Å². The molecule has 1 fully saturated rings. The predicted octanol–water partition coefficient (Wildman–Crippen LogP) is 2.06. The van der Waals surface area contributed by atoms with Crippen LogP contribution in [0.2, 0.25) is 0 Å². The van der Waals surface area contributed by atoms with Crippen molar-refractivity contribution in [3.63, 3.8) is 0 Å². The minimum atomic E-state index is -0.404. The summed E-state index contributed by atoms with van der Waals surface area (Å²) in [4.78, 5) is 14.0. The Bertz CT molecular complexity index is 490. The van der Waals surface area contributed by atoms with Crippen LogP contribution in [0.3, 0.4) is 0 Å². The Morgan fingerprint density at radius 1 is 1.55 bits per heavy atom. The fraction of sp³-hybridized carbons (Fsp3) is 0.533. The molecule has 1 heterocycles. The number of anilines is 2. The van der Waals surface area contributed by atoms with E-state index in [4.69, 9.17) is 15.2 Å². The maximum Gasteiger partial charge on any atom is 0.340 e. The Labute approximate surface area is 119 Å². The molecule has 0 aromatic heterocycles. The van der Waals surface area contributed by atoms with Crippen LogP contribution in [0.1, 0.15) is 30.6 Å². The van der Waals surface area contributed by atoms with Crippen LogP contribution in [-0.4, -0.2) is 38.4 Å². The molecule has 1 aromatic carbocycles. The average molecular weight is 278 g/mol. The highest BCUT2D eigenvalue weighted by atomic mass is 16.5. The molecule has 1 aromatic rings. The first kappa shape index (κ1) is 14.7. The molecule has 0 spiro atoms. The van der Waals surface area contributed by atoms with E-state index in [-0.39, 0.29) is 6.10 Å². The van der Waals surface area contributed by atoms with Crippen LogP contribution in [0.25, 0.3) is 0 Å². The second-order valence-corrected chi connectivity index (χ2v) is 5.12. The van der Waals surface area contributed by atoms with Crippen LogP contribution in [-0.2, 0) is 9.47 Å². The Morgan fingerprint density at radius 2 is 2.30 bits per heavy atom. The lowest BCUT2D eigenvalue weighted by Crippen LogP contribution is -2.48. The summed E-state index contributed by atoms with van der Waals surface area (Å²) in [5, 5.41) is 0. The molecule has 0 saturated carbocycles. The Kier molecular flexibility index (Phi) is 4.49. The van der Waals surface area contributed by atoms with E-state index in [1.54, 1.807) is 6.07 Å². The van der Waals surface area contributed by atoms with Crippen molar-refractivity contribution in [1.29, 1.82) is 0 Å². The maximum absolute atomic E-state index is 11.7. The standard InChI is InChI=1S/C15H22N2O3/c1-4-11-9-20-10(2)8-17(11)12-5-6-14(16)13(7-12)15(18)19-3/h5-7,10-11H,4,8-9,16H2,1-3H3. The van der Waals surface area contributed by atoms with Gasteiger partial charge in [-0.25, -0.2) is 4.79 Å². The number of carbonyl (C=O) groups is 1. The second-order valence-electron chi connectivity index (χ2n) is 5.12. The number of morpholine rings is 1. The summed E-state index contributed by atoms with van der Waals surface area (Å²) in [6.45, 7) is 5.70. The number of nitrogens with two attached hydrogens (primary N) is 1. The van der Waals surface area contributed by atoms with Crippen LogP contribution >= 0.6 is 0 Å². The van der Waals surface area contributed by atoms with Crippen molar-refractivity contribution in [3.05, 3.63) is 23.8 Å². The fourth-order valence-electron chi connectivity index (χ4n) is 2.51. The summed E-state index contributed by atoms with van der Waals surface area (Å²) >= 11 is 0. The first-order chi connectivity index (χ1) is 9.56. The number of hydrogen-bond donors (Lipinski definition) is 1. The minimum Gasteiger partial charge on any atom is -0.465 e. The van der Waals surface area contributed by atoms with E-state index in [2.05, 4.69) is 18.7 Å². The molecule has 20 heavy (non-hydrogen) atoms. The SMILES string of the molecule is CCC1COC(C)CN1c1ccc(N)c(C(=O)OC)c1. The first-order valence-electron chi connectivity index (χ1n) is 6.92. The maximum atomic E-state index is 11.7. The number of benzene rings is 1. The topological polar surface area (TPSA) is 64.8 Å². The van der Waals surface area contributed by atoms with Gasteiger partial charge in [-0.2, -0.15) is 0 Å². The molecule has 1 aliphatic rings. The number of nitrogen functional groups attached to an aromatic ring is 1. The van der Waals surface area contributed by atoms with Crippen molar-refractivity contribution in [3.8, 4) is 0 Å². The summed E-state index contributed by atoms with van der Waals surface area (Å²) in [6, 6.07) is 5.83. The molecule has 0 radical (unpaired) electrons. The lowest BCUT2D eigenvalue weighted by Gasteiger charge is -2.40. The van der Waals surface area contributed by atoms with Gasteiger partial charge in [0, 0.05) is 17.9 Å². The summed E-state index contributed by atoms with van der Waals surface area (Å²) in [6.07, 6.45) is 1.17. The van der Waals surface area contributed by atoms with Crippen molar-refractivity contribution in [1.82, 2.24) is 0 Å². The highest BCUT2D eigenvalue weighted by Gasteiger charge is 2.26. The average Bonchev–Trinajstić information content (AvgIpc) is 2.47. The molecule has 1 aliphatic heterocycles. The summed E-state index contributed by atoms with van der Waals surface area (Å²) in [5.74, 6) is -0.404. The number of hydrogen-bond acceptors (Lipinski definition) is 5. The zero-order chi connectivity index (χ0) is 14.7. The van der Waals surface area contributed by atoms with Crippen molar-refractivity contribution < 1.29 is 14.3 Å². The van der Waals surface area contributed by atoms with Gasteiger partial charge in [0.05, 0.1) is 31.4 Å². The summed E-state index contributed by atoms with van der Waals surface area (Å²) < 4.78 is 10.5. The van der Waals surface area contributed by atoms with Crippen LogP contribution in [0.15, 0.2) is 18.2 Å². The highest BCUT2D eigenvalue weighted by molar-refractivity contribution is 5.96. The van der Waals surface area contributed by atoms with E-state index in [0.29, 0.717) is 23.9 Å². The largest absolute Gasteiger partial charge is 0.465 e. The third-order valence-corrected chi connectivity index (χ3v) is 3.71. The normalized spacial score (nSPS) is 22.6. The Hall–Kier alpha value is -1.75. The fourth-order valence-corrected chi connectivity index (χ4v) is 2.51. The third-order valence-electron chi connectivity index (χ3n) is 3.71. The molecule has 5 nitrogen and oxygen atoms in total. The number of nitrogens with zero attached hydrogens (tertiary/aromatic N) is 1. The second kappa shape index (κ2) is 6.13. The van der Waals surface area contributed by atoms with Gasteiger partial charge in [-0.15, -0.1) is 0 Å². The van der Waals surface area contributed by atoms with E-state index in [1.165, 1.54) is 7.11 Å². The molecule has 110 valence electrons. The van der Waals surface area contributed by atoms with Crippen LogP contribution < -0.4 is 10.6 Å². The van der Waals surface area contributed by atoms with E-state index >= 15 is 0 Å². The third kappa shape index (κ3) is 2.88. The van der Waals surface area contributed by atoms with E-state index < -0.39 is 5.97 Å². The lowest BCUT2D eigenvalue weighted by atomic mass is 10.1. The van der Waals surface area contributed by atoms with Gasteiger partial charge in [-0.05, 0) is 31.5 Å². The van der Waals surface area contributed by atoms with Gasteiger partial charge < -0.3 is 20.1 Å². The number of ether oxygens (including phenoxy) is 2. The summed E-state index contributed by atoms with van der Waals surface area (Å²) in [5.41, 5.74) is 7.69. The van der Waals surface area contributed by atoms with Gasteiger partial charge in [0.2, 0.25) is 0 Å². The van der Waals surface area contributed by atoms with E-state index in [0.717, 1.165) is 18.7 Å². The predicted molar refractivity (Wildman–Crippen MR) is 79.0 cm³/mol. The molecule has 2 N–H and O–H groups in total. The molecule has 2 atom stereocenters. The molecule has 0 amide bonds. The minimum absolute atomic E-state index is 0.178. The number of carbonyl (C=O) groups excluding carboxylic acids is 1. The lowest BCUT2D eigenvalue weighted by molar-refractivity contribution is 0.0299. The van der Waals surface area contributed by atoms with Crippen LogP contribution in [0.4, 0.5) is 11.4 Å². The van der Waals surface area contributed by atoms with Crippen molar-refractivity contribution in [2.45, 2.75) is 32.4 Å². The molecule has 5 heteroatoms. The first-order valence-corrected chi connectivity index (χ1v) is 6.92. The number of rotatable bonds is 3. The van der Waals surface area contributed by atoms with Gasteiger partial charge >= 0.3 is 5.97 Å². The molecular weight excluding hydrogens is 256 g/mol. The monoisotopic (exact) mass is 278 g/mol. The van der Waals surface area contributed by atoms with Gasteiger partial charge in [0.15, 0.2) is 0 Å².